The second-order valence-corrected chi connectivity index (χ2v) is 14.9. The van der Waals surface area contributed by atoms with Crippen LogP contribution in [0.2, 0.25) is 0 Å². The van der Waals surface area contributed by atoms with Crippen LogP contribution in [0.4, 0.5) is 13.2 Å². The number of aliphatic carboxylic acids is 2. The number of hydrazone groups is 2. The number of alkyl halides is 3. The van der Waals surface area contributed by atoms with Crippen LogP contribution in [0.25, 0.3) is 0 Å². The zero-order chi connectivity index (χ0) is 39.1. The van der Waals surface area contributed by atoms with E-state index < -0.39 is 18.1 Å². The van der Waals surface area contributed by atoms with Gasteiger partial charge in [-0.25, -0.2) is 15.0 Å². The molecule has 6 atom stereocenters. The normalized spacial score (nSPS) is 24.7. The number of carbonyl (C=O) groups is 2. The maximum atomic E-state index is 10.6. The van der Waals surface area contributed by atoms with Crippen molar-refractivity contribution in [2.24, 2.45) is 39.8 Å². The van der Waals surface area contributed by atoms with Gasteiger partial charge in [-0.3, -0.25) is 4.79 Å². The first kappa shape index (κ1) is 46.5. The molecule has 4 aliphatic rings. The van der Waals surface area contributed by atoms with E-state index in [0.29, 0.717) is 12.1 Å². The van der Waals surface area contributed by atoms with Gasteiger partial charge >= 0.3 is 32.6 Å². The quantitative estimate of drug-likeness (QED) is 0.210. The summed E-state index contributed by atoms with van der Waals surface area (Å²) in [6, 6.07) is 22.3. The number of carboxylic acids is 2. The third kappa shape index (κ3) is 16.0. The average molecular weight is 849 g/mol. The zero-order valence-electron chi connectivity index (χ0n) is 32.1. The largest absolute Gasteiger partial charge is 2.00 e. The van der Waals surface area contributed by atoms with Crippen LogP contribution in [-0.4, -0.2) is 72.9 Å². The van der Waals surface area contributed by atoms with Crippen LogP contribution in [0.5, 0.6) is 0 Å². The molecule has 2 fully saturated rings. The maximum absolute atomic E-state index is 10.6. The predicted octanol–water partition coefficient (Wildman–Crippen LogP) is 8.74. The molecule has 2 saturated carbocycles. The molecule has 2 aliphatic heterocycles. The molecule has 0 radical (unpaired) electrons. The van der Waals surface area contributed by atoms with Gasteiger partial charge < -0.3 is 30.0 Å². The van der Waals surface area contributed by atoms with Gasteiger partial charge in [0.2, 0.25) is 0 Å². The van der Waals surface area contributed by atoms with Crippen LogP contribution in [0.15, 0.2) is 70.9 Å². The first-order valence-corrected chi connectivity index (χ1v) is 18.5. The van der Waals surface area contributed by atoms with E-state index in [9.17, 15) is 13.2 Å². The average Bonchev–Trinajstić information content (AvgIpc) is 3.76. The smallest absolute Gasteiger partial charge is 0.488 e. The fourth-order valence-corrected chi connectivity index (χ4v) is 7.10. The molecule has 302 valence electrons. The van der Waals surface area contributed by atoms with Crippen LogP contribution in [-0.2, 0) is 43.1 Å². The minimum Gasteiger partial charge on any atom is -0.488 e. The van der Waals surface area contributed by atoms with Gasteiger partial charge in [0.1, 0.15) is 0 Å². The molecule has 6 rings (SSSR count). The van der Waals surface area contributed by atoms with Crippen molar-refractivity contribution in [3.63, 3.8) is 0 Å². The van der Waals surface area contributed by atoms with E-state index >= 15 is 0 Å². The van der Waals surface area contributed by atoms with E-state index in [1.807, 2.05) is 12.7 Å². The molecule has 14 heteroatoms. The van der Waals surface area contributed by atoms with Gasteiger partial charge in [-0.15, -0.1) is 13.3 Å². The van der Waals surface area contributed by atoms with E-state index in [0.717, 1.165) is 49.6 Å². The summed E-state index contributed by atoms with van der Waals surface area (Å²) in [4.78, 5) is 22.3. The van der Waals surface area contributed by atoms with Crippen molar-refractivity contribution in [1.82, 2.24) is 19.8 Å². The number of carboxylic acid groups (broad SMARTS) is 2. The van der Waals surface area contributed by atoms with Crippen molar-refractivity contribution in [2.75, 3.05) is 0 Å². The van der Waals surface area contributed by atoms with Crippen molar-refractivity contribution in [3.05, 3.63) is 85.1 Å². The molecule has 2 N–H and O–H groups in total. The molecular formula is C40H57F3N6O4Pd. The minimum atomic E-state index is -5.08. The summed E-state index contributed by atoms with van der Waals surface area (Å²) in [5, 5.41) is 28.2. The molecule has 2 aliphatic carbocycles. The van der Waals surface area contributed by atoms with Crippen LogP contribution in [0, 0.1) is 42.9 Å². The van der Waals surface area contributed by atoms with Gasteiger partial charge in [0.05, 0.1) is 12.7 Å². The molecule has 2 aromatic carbocycles. The van der Waals surface area contributed by atoms with Gasteiger partial charge in [-0.05, 0) is 66.4 Å². The fraction of sp³-hybridized carbons (Fsp3) is 0.550. The number of rotatable bonds is 7. The van der Waals surface area contributed by atoms with E-state index in [-0.39, 0.29) is 20.4 Å². The van der Waals surface area contributed by atoms with Crippen molar-refractivity contribution >= 4 is 24.6 Å². The van der Waals surface area contributed by atoms with Gasteiger partial charge in [0.25, 0.3) is 5.97 Å². The molecule has 2 heterocycles. The molecule has 54 heavy (non-hydrogen) atoms. The summed E-state index contributed by atoms with van der Waals surface area (Å²) in [5.74, 6) is 0.254. The molecule has 0 aromatic heterocycles. The molecule has 0 bridgehead atoms. The summed E-state index contributed by atoms with van der Waals surface area (Å²) in [6.45, 7) is 19.1. The maximum Gasteiger partial charge on any atom is 2.00 e. The van der Waals surface area contributed by atoms with Crippen LogP contribution in [0.3, 0.4) is 0 Å². The SMILES string of the molecule is CC(=O)O.CC(C)[C@@H]1CC[C@@H](C)C[C@@H]1N1[CH-]N(Cc2ccccc2)C=N1.C[C@@H]1CC[C@@H](C)[C@@H](N2[CH-]N(Cc3ccccc3)C=N2)C1.O=C(O)C(F)(F)F.[Pd+2]. The van der Waals surface area contributed by atoms with Gasteiger partial charge in [-0.1, -0.05) is 108 Å². The standard InChI is InChI=1S/C19H28N3.C17H24N3.C2HF3O2.C2H4O2.Pd/c1-15(2)18-10-9-16(3)11-19(18)22-14-21(13-20-22)12-17-7-5-4-6-8-17;1-14-8-9-15(2)17(10-14)20-13-19(12-18-20)11-16-6-4-3-5-7-16;3-2(4,5)1(6)7;1-2(3)4;/h4-8,13-16,18-19H,9-12H2,1-3H3;3-7,12-15,17H,8-11H2,1-2H3;(H,6,7);1H3,(H,3,4);/q2*-1;;;+2/t16-,18+,19+;14-,15-,17+;;;/m11.../s1. The Morgan fingerprint density at radius 3 is 1.56 bits per heavy atom. The summed E-state index contributed by atoms with van der Waals surface area (Å²) in [6.07, 6.45) is 6.76. The summed E-state index contributed by atoms with van der Waals surface area (Å²) in [5.41, 5.74) is 2.64. The van der Waals surface area contributed by atoms with Gasteiger partial charge in [0.15, 0.2) is 0 Å². The Morgan fingerprint density at radius 2 is 1.15 bits per heavy atom. The van der Waals surface area contributed by atoms with Crippen molar-refractivity contribution in [2.45, 2.75) is 111 Å². The van der Waals surface area contributed by atoms with E-state index in [4.69, 9.17) is 19.8 Å². The summed E-state index contributed by atoms with van der Waals surface area (Å²) in [7, 11) is 0. The van der Waals surface area contributed by atoms with Crippen LogP contribution < -0.4 is 0 Å². The Balaban J connectivity index is 0.000000291. The first-order chi connectivity index (χ1) is 25.0. The second-order valence-electron chi connectivity index (χ2n) is 14.9. The second kappa shape index (κ2) is 22.7. The Morgan fingerprint density at radius 1 is 0.759 bits per heavy atom. The number of hydrogen-bond donors (Lipinski definition) is 2. The Labute approximate surface area is 333 Å². The summed E-state index contributed by atoms with van der Waals surface area (Å²) < 4.78 is 31.7. The van der Waals surface area contributed by atoms with Gasteiger partial charge in [0, 0.05) is 32.1 Å². The van der Waals surface area contributed by atoms with Gasteiger partial charge in [-0.2, -0.15) is 13.2 Å². The fourth-order valence-electron chi connectivity index (χ4n) is 7.10. The number of benzene rings is 2. The minimum absolute atomic E-state index is 0. The monoisotopic (exact) mass is 848 g/mol. The number of nitrogens with zero attached hydrogens (tertiary/aromatic N) is 6. The topological polar surface area (TPSA) is 112 Å². The molecule has 0 amide bonds. The molecule has 2 aromatic rings. The van der Waals surface area contributed by atoms with Crippen LogP contribution >= 0.6 is 0 Å². The van der Waals surface area contributed by atoms with Crippen molar-refractivity contribution in [1.29, 1.82) is 0 Å². The van der Waals surface area contributed by atoms with E-state index in [1.165, 1.54) is 49.7 Å². The molecule has 0 spiro atoms. The molecule has 10 nitrogen and oxygen atoms in total. The third-order valence-corrected chi connectivity index (χ3v) is 9.94. The van der Waals surface area contributed by atoms with Crippen LogP contribution in [0.1, 0.15) is 91.2 Å². The number of halogens is 3. The first-order valence-electron chi connectivity index (χ1n) is 18.5. The third-order valence-electron chi connectivity index (χ3n) is 9.94. The zero-order valence-corrected chi connectivity index (χ0v) is 33.7. The Kier molecular flexibility index (Phi) is 19.5. The van der Waals surface area contributed by atoms with E-state index in [2.05, 4.69) is 139 Å². The number of hydrogen-bond acceptors (Lipinski definition) is 8. The van der Waals surface area contributed by atoms with Crippen molar-refractivity contribution in [3.8, 4) is 0 Å². The predicted molar refractivity (Wildman–Crippen MR) is 201 cm³/mol. The molecular weight excluding hydrogens is 792 g/mol. The molecule has 0 saturated heterocycles. The Bertz CT molecular complexity index is 1450. The Hall–Kier alpha value is -3.63. The summed E-state index contributed by atoms with van der Waals surface area (Å²) >= 11 is 0. The van der Waals surface area contributed by atoms with E-state index in [1.54, 1.807) is 0 Å². The van der Waals surface area contributed by atoms with Crippen molar-refractivity contribution < 1.29 is 53.4 Å². The molecule has 0 unspecified atom stereocenters.